The second kappa shape index (κ2) is 7.38. The summed E-state index contributed by atoms with van der Waals surface area (Å²) in [6, 6.07) is 14.2. The third-order valence-corrected chi connectivity index (χ3v) is 3.06. The van der Waals surface area contributed by atoms with Crippen molar-refractivity contribution in [3.8, 4) is 0 Å². The van der Waals surface area contributed by atoms with Gasteiger partial charge in [-0.2, -0.15) is 5.10 Å². The Hall–Kier alpha value is -2.66. The van der Waals surface area contributed by atoms with E-state index in [0.29, 0.717) is 10.7 Å². The number of hydrazone groups is 1. The number of rotatable bonds is 3. The van der Waals surface area contributed by atoms with Crippen molar-refractivity contribution in [2.45, 2.75) is 6.92 Å². The van der Waals surface area contributed by atoms with Crippen molar-refractivity contribution >= 4 is 35.3 Å². The molecule has 0 heterocycles. The molecule has 112 valence electrons. The number of nitrogens with zero attached hydrogens (tertiary/aromatic N) is 1. The average molecular weight is 316 g/mol. The molecular formula is C16H14ClN3O2. The van der Waals surface area contributed by atoms with Gasteiger partial charge in [0.1, 0.15) is 0 Å². The third-order valence-electron chi connectivity index (χ3n) is 2.82. The largest absolute Gasteiger partial charge is 0.329 e. The normalized spacial score (nSPS) is 10.5. The highest BCUT2D eigenvalue weighted by molar-refractivity contribution is 6.39. The first-order chi connectivity index (χ1) is 10.6. The smallest absolute Gasteiger partial charge is 0.317 e. The van der Waals surface area contributed by atoms with E-state index < -0.39 is 11.8 Å². The number of anilines is 1. The van der Waals surface area contributed by atoms with Crippen LogP contribution in [0.3, 0.4) is 0 Å². The number of halogens is 1. The molecule has 0 fully saturated rings. The van der Waals surface area contributed by atoms with Gasteiger partial charge < -0.3 is 5.32 Å². The number of carbonyl (C=O) groups is 2. The summed E-state index contributed by atoms with van der Waals surface area (Å²) in [7, 11) is 0. The van der Waals surface area contributed by atoms with Crippen molar-refractivity contribution in [1.29, 1.82) is 0 Å². The Morgan fingerprint density at radius 1 is 1.09 bits per heavy atom. The van der Waals surface area contributed by atoms with E-state index in [1.54, 1.807) is 25.1 Å². The van der Waals surface area contributed by atoms with Crippen LogP contribution in [-0.4, -0.2) is 18.0 Å². The zero-order valence-electron chi connectivity index (χ0n) is 11.8. The summed E-state index contributed by atoms with van der Waals surface area (Å²) in [5, 5.41) is 6.80. The Morgan fingerprint density at radius 3 is 2.50 bits per heavy atom. The molecule has 0 saturated heterocycles. The number of benzene rings is 2. The van der Waals surface area contributed by atoms with Crippen molar-refractivity contribution in [3.63, 3.8) is 0 Å². The SMILES string of the molecule is Cc1cc(Cl)ccc1NC(=O)C(=O)N/N=C/c1ccccc1. The van der Waals surface area contributed by atoms with Gasteiger partial charge in [-0.15, -0.1) is 0 Å². The molecule has 0 aliphatic rings. The van der Waals surface area contributed by atoms with Crippen molar-refractivity contribution < 1.29 is 9.59 Å². The fourth-order valence-electron chi connectivity index (χ4n) is 1.70. The first kappa shape index (κ1) is 15.7. The lowest BCUT2D eigenvalue weighted by Crippen LogP contribution is -2.32. The Balaban J connectivity index is 1.92. The zero-order chi connectivity index (χ0) is 15.9. The van der Waals surface area contributed by atoms with Gasteiger partial charge in [-0.1, -0.05) is 41.9 Å². The molecular weight excluding hydrogens is 302 g/mol. The molecule has 0 radical (unpaired) electrons. The Kier molecular flexibility index (Phi) is 5.27. The lowest BCUT2D eigenvalue weighted by molar-refractivity contribution is -0.136. The summed E-state index contributed by atoms with van der Waals surface area (Å²) in [6.45, 7) is 1.78. The fourth-order valence-corrected chi connectivity index (χ4v) is 1.93. The maximum absolute atomic E-state index is 11.8. The molecule has 2 amide bonds. The molecule has 2 rings (SSSR count). The van der Waals surface area contributed by atoms with Crippen molar-refractivity contribution in [1.82, 2.24) is 5.43 Å². The Labute approximate surface area is 133 Å². The predicted octanol–water partition coefficient (Wildman–Crippen LogP) is 2.74. The number of carbonyl (C=O) groups excluding carboxylic acids is 2. The number of hydrogen-bond acceptors (Lipinski definition) is 3. The molecule has 2 aromatic rings. The molecule has 0 bridgehead atoms. The van der Waals surface area contributed by atoms with E-state index >= 15 is 0 Å². The van der Waals surface area contributed by atoms with Gasteiger partial charge >= 0.3 is 11.8 Å². The molecule has 0 aliphatic carbocycles. The van der Waals surface area contributed by atoms with E-state index in [1.807, 2.05) is 30.3 Å². The van der Waals surface area contributed by atoms with E-state index in [2.05, 4.69) is 15.8 Å². The quantitative estimate of drug-likeness (QED) is 0.519. The van der Waals surface area contributed by atoms with Gasteiger partial charge in [0, 0.05) is 10.7 Å². The van der Waals surface area contributed by atoms with Gasteiger partial charge in [-0.3, -0.25) is 9.59 Å². The first-order valence-electron chi connectivity index (χ1n) is 6.52. The summed E-state index contributed by atoms with van der Waals surface area (Å²) < 4.78 is 0. The third kappa shape index (κ3) is 4.43. The fraction of sp³-hybridized carbons (Fsp3) is 0.0625. The van der Waals surface area contributed by atoms with Crippen molar-refractivity contribution in [3.05, 3.63) is 64.7 Å². The van der Waals surface area contributed by atoms with E-state index in [9.17, 15) is 9.59 Å². The van der Waals surface area contributed by atoms with Crippen LogP contribution in [0.15, 0.2) is 53.6 Å². The minimum absolute atomic E-state index is 0.525. The van der Waals surface area contributed by atoms with E-state index in [-0.39, 0.29) is 0 Å². The van der Waals surface area contributed by atoms with Crippen LogP contribution in [0.2, 0.25) is 5.02 Å². The van der Waals surface area contributed by atoms with Crippen LogP contribution in [0.4, 0.5) is 5.69 Å². The van der Waals surface area contributed by atoms with Crippen molar-refractivity contribution in [2.24, 2.45) is 5.10 Å². The number of hydrogen-bond donors (Lipinski definition) is 2. The molecule has 2 aromatic carbocycles. The second-order valence-corrected chi connectivity index (χ2v) is 4.96. The monoisotopic (exact) mass is 315 g/mol. The lowest BCUT2D eigenvalue weighted by atomic mass is 10.2. The highest BCUT2D eigenvalue weighted by atomic mass is 35.5. The molecule has 0 saturated carbocycles. The second-order valence-electron chi connectivity index (χ2n) is 4.52. The summed E-state index contributed by atoms with van der Waals surface area (Å²) in [5.41, 5.74) is 4.28. The van der Waals surface area contributed by atoms with Crippen LogP contribution in [0, 0.1) is 6.92 Å². The Morgan fingerprint density at radius 2 is 1.82 bits per heavy atom. The van der Waals surface area contributed by atoms with Gasteiger partial charge in [0.15, 0.2) is 0 Å². The van der Waals surface area contributed by atoms with Gasteiger partial charge in [0.25, 0.3) is 0 Å². The minimum Gasteiger partial charge on any atom is -0.317 e. The van der Waals surface area contributed by atoms with Gasteiger partial charge in [0.05, 0.1) is 6.21 Å². The van der Waals surface area contributed by atoms with E-state index in [0.717, 1.165) is 11.1 Å². The van der Waals surface area contributed by atoms with E-state index in [4.69, 9.17) is 11.6 Å². The molecule has 0 unspecified atom stereocenters. The number of amides is 2. The summed E-state index contributed by atoms with van der Waals surface area (Å²) in [5.74, 6) is -1.64. The molecule has 0 aromatic heterocycles. The van der Waals surface area contributed by atoms with Gasteiger partial charge in [-0.25, -0.2) is 5.43 Å². The van der Waals surface area contributed by atoms with Crippen LogP contribution in [0.1, 0.15) is 11.1 Å². The van der Waals surface area contributed by atoms with E-state index in [1.165, 1.54) is 6.21 Å². The minimum atomic E-state index is -0.846. The molecule has 5 nitrogen and oxygen atoms in total. The first-order valence-corrected chi connectivity index (χ1v) is 6.89. The van der Waals surface area contributed by atoms with Crippen LogP contribution in [0.25, 0.3) is 0 Å². The Bertz CT molecular complexity index is 715. The summed E-state index contributed by atoms with van der Waals surface area (Å²) in [4.78, 5) is 23.4. The number of nitrogens with one attached hydrogen (secondary N) is 2. The van der Waals surface area contributed by atoms with Crippen LogP contribution in [-0.2, 0) is 9.59 Å². The van der Waals surface area contributed by atoms with Crippen molar-refractivity contribution in [2.75, 3.05) is 5.32 Å². The molecule has 0 aliphatic heterocycles. The van der Waals surface area contributed by atoms with Crippen LogP contribution in [0.5, 0.6) is 0 Å². The zero-order valence-corrected chi connectivity index (χ0v) is 12.6. The molecule has 22 heavy (non-hydrogen) atoms. The standard InChI is InChI=1S/C16H14ClN3O2/c1-11-9-13(17)7-8-14(11)19-15(21)16(22)20-18-10-12-5-3-2-4-6-12/h2-10H,1H3,(H,19,21)(H,20,22)/b18-10+. The summed E-state index contributed by atoms with van der Waals surface area (Å²) >= 11 is 5.83. The maximum atomic E-state index is 11.8. The molecule has 0 atom stereocenters. The number of aryl methyl sites for hydroxylation is 1. The highest BCUT2D eigenvalue weighted by Crippen LogP contribution is 2.19. The molecule has 2 N–H and O–H groups in total. The highest BCUT2D eigenvalue weighted by Gasteiger charge is 2.13. The average Bonchev–Trinajstić information content (AvgIpc) is 2.51. The molecule has 0 spiro atoms. The summed E-state index contributed by atoms with van der Waals surface area (Å²) in [6.07, 6.45) is 1.46. The van der Waals surface area contributed by atoms with Crippen LogP contribution < -0.4 is 10.7 Å². The molecule has 6 heteroatoms. The lowest BCUT2D eigenvalue weighted by Gasteiger charge is -2.07. The maximum Gasteiger partial charge on any atom is 0.329 e. The van der Waals surface area contributed by atoms with Crippen LogP contribution >= 0.6 is 11.6 Å². The topological polar surface area (TPSA) is 70.6 Å². The van der Waals surface area contributed by atoms with Gasteiger partial charge in [-0.05, 0) is 36.2 Å². The van der Waals surface area contributed by atoms with Gasteiger partial charge in [0.2, 0.25) is 0 Å². The predicted molar refractivity (Wildman–Crippen MR) is 87.0 cm³/mol.